The normalized spacial score (nSPS) is 20.2. The molecule has 1 atom stereocenters. The molecule has 5 rings (SSSR count). The minimum Gasteiger partial charge on any atom is -0.507 e. The summed E-state index contributed by atoms with van der Waals surface area (Å²) in [4.78, 5) is 27.2. The summed E-state index contributed by atoms with van der Waals surface area (Å²) >= 11 is 0. The lowest BCUT2D eigenvalue weighted by molar-refractivity contribution is -0.132. The quantitative estimate of drug-likeness (QED) is 0.373. The molecule has 1 aromatic heterocycles. The second kappa shape index (κ2) is 7.54. The van der Waals surface area contributed by atoms with Crippen LogP contribution in [0.2, 0.25) is 0 Å². The number of aryl methyl sites for hydroxylation is 2. The molecule has 0 spiro atoms. The lowest BCUT2D eigenvalue weighted by atomic mass is 9.89. The fraction of sp³-hybridized carbons (Fsp3) is 0.200. The molecule has 1 unspecified atom stereocenters. The molecule has 0 radical (unpaired) electrons. The minimum absolute atomic E-state index is 0.0695. The van der Waals surface area contributed by atoms with E-state index in [1.54, 1.807) is 24.3 Å². The molecule has 31 heavy (non-hydrogen) atoms. The molecule has 1 amide bonds. The number of aliphatic hydroxyl groups excluding tert-OH is 1. The maximum atomic E-state index is 13.9. The fourth-order valence-corrected chi connectivity index (χ4v) is 4.48. The van der Waals surface area contributed by atoms with Gasteiger partial charge in [-0.1, -0.05) is 18.2 Å². The number of halogens is 1. The Morgan fingerprint density at radius 2 is 1.81 bits per heavy atom. The number of rotatable bonds is 3. The number of fused-ring (bicyclic) bond motifs is 1. The number of furan rings is 1. The van der Waals surface area contributed by atoms with Crippen molar-refractivity contribution in [3.05, 3.63) is 94.7 Å². The first kappa shape index (κ1) is 19.3. The van der Waals surface area contributed by atoms with E-state index in [-0.39, 0.29) is 17.0 Å². The smallest absolute Gasteiger partial charge is 0.300 e. The monoisotopic (exact) mass is 417 g/mol. The van der Waals surface area contributed by atoms with Gasteiger partial charge in [-0.3, -0.25) is 14.5 Å². The zero-order chi connectivity index (χ0) is 21.5. The SMILES string of the molecule is O=C1C(=O)N(c2cccc(F)c2)C(c2ccco2)/C1=C(/O)c1ccc2c(c1)CCCC2. The number of carbonyl (C=O) groups is 2. The number of aliphatic hydroxyl groups is 1. The van der Waals surface area contributed by atoms with Gasteiger partial charge in [0.05, 0.1) is 11.8 Å². The Bertz CT molecular complexity index is 1210. The van der Waals surface area contributed by atoms with Crippen molar-refractivity contribution in [2.24, 2.45) is 0 Å². The first-order valence-corrected chi connectivity index (χ1v) is 10.3. The molecule has 0 saturated carbocycles. The zero-order valence-corrected chi connectivity index (χ0v) is 16.7. The third-order valence-electron chi connectivity index (χ3n) is 5.97. The molecule has 2 aromatic carbocycles. The van der Waals surface area contributed by atoms with Crippen LogP contribution in [0.3, 0.4) is 0 Å². The van der Waals surface area contributed by atoms with Gasteiger partial charge in [0.25, 0.3) is 11.7 Å². The van der Waals surface area contributed by atoms with Crippen LogP contribution in [0.15, 0.2) is 70.9 Å². The molecule has 3 aromatic rings. The predicted octanol–water partition coefficient (Wildman–Crippen LogP) is 4.92. The van der Waals surface area contributed by atoms with Gasteiger partial charge in [-0.15, -0.1) is 0 Å². The summed E-state index contributed by atoms with van der Waals surface area (Å²) in [7, 11) is 0. The highest BCUT2D eigenvalue weighted by Crippen LogP contribution is 2.42. The van der Waals surface area contributed by atoms with Crippen molar-refractivity contribution in [1.82, 2.24) is 0 Å². The summed E-state index contributed by atoms with van der Waals surface area (Å²) in [5.41, 5.74) is 3.01. The number of benzene rings is 2. The molecule has 6 heteroatoms. The minimum atomic E-state index is -0.993. The van der Waals surface area contributed by atoms with Crippen molar-refractivity contribution in [1.29, 1.82) is 0 Å². The number of hydrogen-bond acceptors (Lipinski definition) is 4. The van der Waals surface area contributed by atoms with Crippen LogP contribution in [-0.2, 0) is 22.4 Å². The molecule has 2 aliphatic rings. The number of amides is 1. The Kier molecular flexibility index (Phi) is 4.70. The fourth-order valence-electron chi connectivity index (χ4n) is 4.48. The molecule has 1 fully saturated rings. The van der Waals surface area contributed by atoms with Crippen LogP contribution in [-0.4, -0.2) is 16.8 Å². The van der Waals surface area contributed by atoms with Gasteiger partial charge in [0.15, 0.2) is 0 Å². The average Bonchev–Trinajstić information content (AvgIpc) is 3.40. The van der Waals surface area contributed by atoms with Gasteiger partial charge in [-0.05, 0) is 73.2 Å². The van der Waals surface area contributed by atoms with Crippen LogP contribution in [0.5, 0.6) is 0 Å². The summed E-state index contributed by atoms with van der Waals surface area (Å²) in [5, 5.41) is 11.2. The van der Waals surface area contributed by atoms with Crippen molar-refractivity contribution < 1.29 is 23.5 Å². The maximum absolute atomic E-state index is 13.9. The van der Waals surface area contributed by atoms with Gasteiger partial charge in [0, 0.05) is 11.3 Å². The van der Waals surface area contributed by atoms with Crippen LogP contribution in [0.1, 0.15) is 41.3 Å². The molecule has 1 N–H and O–H groups in total. The third-order valence-corrected chi connectivity index (χ3v) is 5.97. The summed E-state index contributed by atoms with van der Waals surface area (Å²) in [6, 6.07) is 13.3. The van der Waals surface area contributed by atoms with Crippen LogP contribution < -0.4 is 4.90 Å². The first-order valence-electron chi connectivity index (χ1n) is 10.3. The number of hydrogen-bond donors (Lipinski definition) is 1. The summed E-state index contributed by atoms with van der Waals surface area (Å²) in [5.74, 6) is -2.16. The summed E-state index contributed by atoms with van der Waals surface area (Å²) in [6.07, 6.45) is 5.55. The highest BCUT2D eigenvalue weighted by atomic mass is 19.1. The van der Waals surface area contributed by atoms with Gasteiger partial charge >= 0.3 is 0 Å². The Morgan fingerprint density at radius 1 is 1.00 bits per heavy atom. The Hall–Kier alpha value is -3.67. The molecule has 5 nitrogen and oxygen atoms in total. The highest BCUT2D eigenvalue weighted by molar-refractivity contribution is 6.51. The van der Waals surface area contributed by atoms with Crippen molar-refractivity contribution in [3.63, 3.8) is 0 Å². The van der Waals surface area contributed by atoms with Crippen LogP contribution >= 0.6 is 0 Å². The van der Waals surface area contributed by atoms with Gasteiger partial charge in [-0.2, -0.15) is 0 Å². The molecular formula is C25H20FNO4. The Morgan fingerprint density at radius 3 is 2.55 bits per heavy atom. The molecule has 2 heterocycles. The zero-order valence-electron chi connectivity index (χ0n) is 16.7. The van der Waals surface area contributed by atoms with Crippen LogP contribution in [0.4, 0.5) is 10.1 Å². The van der Waals surface area contributed by atoms with E-state index in [0.29, 0.717) is 11.3 Å². The van der Waals surface area contributed by atoms with E-state index in [1.165, 1.54) is 34.9 Å². The van der Waals surface area contributed by atoms with Crippen molar-refractivity contribution in [2.45, 2.75) is 31.7 Å². The molecule has 0 bridgehead atoms. The summed E-state index contributed by atoms with van der Waals surface area (Å²) < 4.78 is 19.4. The van der Waals surface area contributed by atoms with Crippen molar-refractivity contribution in [3.8, 4) is 0 Å². The highest BCUT2D eigenvalue weighted by Gasteiger charge is 2.48. The second-order valence-corrected chi connectivity index (χ2v) is 7.85. The average molecular weight is 417 g/mol. The van der Waals surface area contributed by atoms with Crippen molar-refractivity contribution >= 4 is 23.1 Å². The van der Waals surface area contributed by atoms with Crippen molar-refractivity contribution in [2.75, 3.05) is 4.90 Å². The van der Waals surface area contributed by atoms with E-state index in [0.717, 1.165) is 31.2 Å². The van der Waals surface area contributed by atoms with E-state index in [4.69, 9.17) is 4.42 Å². The predicted molar refractivity (Wildman–Crippen MR) is 113 cm³/mol. The number of anilines is 1. The molecule has 1 aliphatic carbocycles. The Balaban J connectivity index is 1.68. The Labute approximate surface area is 178 Å². The third kappa shape index (κ3) is 3.24. The maximum Gasteiger partial charge on any atom is 0.300 e. The van der Waals surface area contributed by atoms with Gasteiger partial charge in [0.2, 0.25) is 0 Å². The molecular weight excluding hydrogens is 397 g/mol. The number of ketones is 1. The summed E-state index contributed by atoms with van der Waals surface area (Å²) in [6.45, 7) is 0. The second-order valence-electron chi connectivity index (χ2n) is 7.85. The topological polar surface area (TPSA) is 70.8 Å². The van der Waals surface area contributed by atoms with Crippen LogP contribution in [0.25, 0.3) is 5.76 Å². The number of carbonyl (C=O) groups excluding carboxylic acids is 2. The standard InChI is InChI=1S/C25H20FNO4/c26-18-7-3-8-19(14-18)27-22(20-9-4-12-31-20)21(24(29)25(27)30)23(28)17-11-10-15-5-1-2-6-16(15)13-17/h3-4,7-14,22,28H,1-2,5-6H2/b23-21-. The van der Waals surface area contributed by atoms with Gasteiger partial charge in [0.1, 0.15) is 23.4 Å². The number of nitrogens with zero attached hydrogens (tertiary/aromatic N) is 1. The van der Waals surface area contributed by atoms with E-state index in [1.807, 2.05) is 12.1 Å². The lowest BCUT2D eigenvalue weighted by Gasteiger charge is -2.23. The van der Waals surface area contributed by atoms with E-state index in [2.05, 4.69) is 0 Å². The van der Waals surface area contributed by atoms with E-state index >= 15 is 0 Å². The lowest BCUT2D eigenvalue weighted by Crippen LogP contribution is -2.29. The van der Waals surface area contributed by atoms with Crippen LogP contribution in [0, 0.1) is 5.82 Å². The molecule has 156 valence electrons. The van der Waals surface area contributed by atoms with Gasteiger partial charge in [-0.25, -0.2) is 4.39 Å². The first-order chi connectivity index (χ1) is 15.0. The van der Waals surface area contributed by atoms with Gasteiger partial charge < -0.3 is 9.52 Å². The molecule has 1 saturated heterocycles. The van der Waals surface area contributed by atoms with E-state index < -0.39 is 23.5 Å². The number of Topliss-reactive ketones (excluding diaryl/α,β-unsaturated/α-hetero) is 1. The largest absolute Gasteiger partial charge is 0.507 e. The molecule has 1 aliphatic heterocycles. The van der Waals surface area contributed by atoms with E-state index in [9.17, 15) is 19.1 Å².